The molecule has 0 spiro atoms. The molecule has 0 fully saturated rings. The van der Waals surface area contributed by atoms with Crippen molar-refractivity contribution in [3.8, 4) is 22.3 Å². The largest absolute Gasteiger partial charge is 0.455 e. The summed E-state index contributed by atoms with van der Waals surface area (Å²) in [6.45, 7) is 0. The molecule has 0 aliphatic carbocycles. The monoisotopic (exact) mass is 565 g/mol. The molecule has 1 heterocycles. The van der Waals surface area contributed by atoms with Crippen LogP contribution < -0.4 is 5.73 Å². The van der Waals surface area contributed by atoms with Crippen molar-refractivity contribution >= 4 is 55.2 Å². The van der Waals surface area contributed by atoms with Gasteiger partial charge in [-0.2, -0.15) is 0 Å². The van der Waals surface area contributed by atoms with E-state index >= 15 is 0 Å². The maximum atomic E-state index is 8.57. The predicted octanol–water partition coefficient (Wildman–Crippen LogP) is 9.96. The Morgan fingerprint density at radius 2 is 1.18 bits per heavy atom. The second-order valence-corrected chi connectivity index (χ2v) is 11.0. The van der Waals surface area contributed by atoms with Crippen LogP contribution in [0.1, 0.15) is 11.1 Å². The number of fused-ring (bicyclic) bond motifs is 5. The lowest BCUT2D eigenvalue weighted by atomic mass is 9.91. The van der Waals surface area contributed by atoms with Gasteiger partial charge in [0, 0.05) is 27.5 Å². The molecule has 0 atom stereocenters. The number of nitrogens with two attached hydrogens (primary N) is 1. The first kappa shape index (κ1) is 25.7. The molecule has 0 radical (unpaired) electrons. The van der Waals surface area contributed by atoms with Crippen LogP contribution in [0, 0.1) is 5.41 Å². The lowest BCUT2D eigenvalue weighted by Gasteiger charge is -2.14. The van der Waals surface area contributed by atoms with Crippen LogP contribution in [0.2, 0.25) is 0 Å². The van der Waals surface area contributed by atoms with Gasteiger partial charge < -0.3 is 10.2 Å². The lowest BCUT2D eigenvalue weighted by Crippen LogP contribution is -2.17. The number of amidine groups is 2. The van der Waals surface area contributed by atoms with Gasteiger partial charge in [0.2, 0.25) is 0 Å². The van der Waals surface area contributed by atoms with Gasteiger partial charge in [-0.15, -0.1) is 0 Å². The average Bonchev–Trinajstić information content (AvgIpc) is 3.45. The Bertz CT molecular complexity index is 2400. The minimum atomic E-state index is 0.128. The topological polar surface area (TPSA) is 75.4 Å². The van der Waals surface area contributed by atoms with Crippen molar-refractivity contribution in [2.75, 3.05) is 0 Å². The fourth-order valence-corrected chi connectivity index (χ4v) is 6.16. The minimum Gasteiger partial charge on any atom is -0.455 e. The summed E-state index contributed by atoms with van der Waals surface area (Å²) in [5.41, 5.74) is 14.1. The molecular formula is C40H27N3O. The van der Waals surface area contributed by atoms with Crippen molar-refractivity contribution in [2.45, 2.75) is 0 Å². The number of rotatable bonds is 4. The molecule has 3 N–H and O–H groups in total. The van der Waals surface area contributed by atoms with E-state index in [1.165, 1.54) is 5.39 Å². The molecule has 8 aromatic rings. The number of aliphatic imine (C=N–C) groups is 1. The molecule has 0 unspecified atom stereocenters. The van der Waals surface area contributed by atoms with Crippen LogP contribution in [0.25, 0.3) is 65.7 Å². The quantitative estimate of drug-likeness (QED) is 0.165. The Morgan fingerprint density at radius 3 is 1.95 bits per heavy atom. The summed E-state index contributed by atoms with van der Waals surface area (Å²) in [4.78, 5) is 4.53. The van der Waals surface area contributed by atoms with Gasteiger partial charge >= 0.3 is 0 Å². The second kappa shape index (κ2) is 10.4. The van der Waals surface area contributed by atoms with Crippen molar-refractivity contribution in [3.05, 3.63) is 157 Å². The van der Waals surface area contributed by atoms with E-state index in [1.807, 2.05) is 54.6 Å². The Labute approximate surface area is 254 Å². The number of benzene rings is 7. The highest BCUT2D eigenvalue weighted by Crippen LogP contribution is 2.41. The standard InChI is InChI=1S/C40H27N3O/c41-39(27-10-2-1-3-11-27)43-40(42)35-23-29-13-5-4-12-28(29)22-33(35)25-18-20-26(21-19-25)37-31-15-7-6-14-30(31)24-34-32-16-8-9-17-36(32)44-38(34)37/h1-24H,(H3,41,42,43). The molecule has 8 rings (SSSR count). The van der Waals surface area contributed by atoms with Crippen molar-refractivity contribution in [1.29, 1.82) is 5.41 Å². The SMILES string of the molecule is N=C(N=C(N)c1cc2ccccc2cc1-c1ccc(-c2c3ccccc3cc3c2oc2ccccc23)cc1)c1ccccc1. The summed E-state index contributed by atoms with van der Waals surface area (Å²) in [5.74, 6) is 0.435. The van der Waals surface area contributed by atoms with Crippen LogP contribution >= 0.6 is 0 Å². The minimum absolute atomic E-state index is 0.128. The zero-order valence-electron chi connectivity index (χ0n) is 23.8. The summed E-state index contributed by atoms with van der Waals surface area (Å²) in [5, 5.41) is 15.3. The van der Waals surface area contributed by atoms with Crippen LogP contribution in [-0.2, 0) is 0 Å². The molecule has 0 saturated heterocycles. The average molecular weight is 566 g/mol. The van der Waals surface area contributed by atoms with E-state index in [4.69, 9.17) is 15.6 Å². The van der Waals surface area contributed by atoms with Gasteiger partial charge in [0.25, 0.3) is 0 Å². The summed E-state index contributed by atoms with van der Waals surface area (Å²) in [7, 11) is 0. The van der Waals surface area contributed by atoms with Crippen molar-refractivity contribution in [1.82, 2.24) is 0 Å². The lowest BCUT2D eigenvalue weighted by molar-refractivity contribution is 0.670. The first-order valence-electron chi connectivity index (χ1n) is 14.6. The molecule has 7 aromatic carbocycles. The van der Waals surface area contributed by atoms with Gasteiger partial charge in [-0.25, -0.2) is 4.99 Å². The Kier molecular flexibility index (Phi) is 6.05. The smallest absolute Gasteiger partial charge is 0.154 e. The van der Waals surface area contributed by atoms with E-state index in [1.54, 1.807) is 0 Å². The molecule has 1 aromatic heterocycles. The summed E-state index contributed by atoms with van der Waals surface area (Å²) >= 11 is 0. The molecule has 0 saturated carbocycles. The Balaban J connectivity index is 1.29. The number of nitrogens with zero attached hydrogens (tertiary/aromatic N) is 1. The molecule has 0 amide bonds. The number of hydrogen-bond acceptors (Lipinski definition) is 2. The maximum absolute atomic E-state index is 8.57. The Morgan fingerprint density at radius 1 is 0.568 bits per heavy atom. The molecular weight excluding hydrogens is 538 g/mol. The van der Waals surface area contributed by atoms with Gasteiger partial charge in [-0.05, 0) is 62.5 Å². The highest BCUT2D eigenvalue weighted by molar-refractivity contribution is 6.18. The molecule has 0 aliphatic rings. The highest BCUT2D eigenvalue weighted by atomic mass is 16.3. The van der Waals surface area contributed by atoms with E-state index in [2.05, 4.69) is 96.0 Å². The van der Waals surface area contributed by atoms with Crippen molar-refractivity contribution in [3.63, 3.8) is 0 Å². The molecule has 208 valence electrons. The van der Waals surface area contributed by atoms with Crippen LogP contribution in [0.15, 0.2) is 155 Å². The van der Waals surface area contributed by atoms with E-state index in [9.17, 15) is 0 Å². The number of hydrogen-bond donors (Lipinski definition) is 2. The third-order valence-corrected chi connectivity index (χ3v) is 8.32. The number of para-hydroxylation sites is 1. The van der Waals surface area contributed by atoms with Gasteiger partial charge in [0.05, 0.1) is 0 Å². The zero-order chi connectivity index (χ0) is 29.6. The maximum Gasteiger partial charge on any atom is 0.154 e. The van der Waals surface area contributed by atoms with Crippen molar-refractivity contribution in [2.24, 2.45) is 10.7 Å². The van der Waals surface area contributed by atoms with Crippen LogP contribution in [0.4, 0.5) is 0 Å². The summed E-state index contributed by atoms with van der Waals surface area (Å²) in [6, 6.07) is 49.4. The normalized spacial score (nSPS) is 12.0. The molecule has 4 nitrogen and oxygen atoms in total. The van der Waals surface area contributed by atoms with Gasteiger partial charge in [0.1, 0.15) is 17.0 Å². The van der Waals surface area contributed by atoms with Gasteiger partial charge in [-0.1, -0.05) is 121 Å². The number of nitrogens with one attached hydrogen (secondary N) is 1. The van der Waals surface area contributed by atoms with Crippen LogP contribution in [0.5, 0.6) is 0 Å². The number of furan rings is 1. The first-order chi connectivity index (χ1) is 21.6. The van der Waals surface area contributed by atoms with Crippen LogP contribution in [0.3, 0.4) is 0 Å². The summed E-state index contributed by atoms with van der Waals surface area (Å²) in [6.07, 6.45) is 0. The van der Waals surface area contributed by atoms with Gasteiger partial charge in [-0.3, -0.25) is 5.41 Å². The third-order valence-electron chi connectivity index (χ3n) is 8.32. The molecule has 0 aliphatic heterocycles. The van der Waals surface area contributed by atoms with E-state index in [0.717, 1.165) is 65.9 Å². The third kappa shape index (κ3) is 4.32. The molecule has 0 bridgehead atoms. The highest BCUT2D eigenvalue weighted by Gasteiger charge is 2.17. The fourth-order valence-electron chi connectivity index (χ4n) is 6.16. The van der Waals surface area contributed by atoms with E-state index in [0.29, 0.717) is 11.4 Å². The molecule has 4 heteroatoms. The first-order valence-corrected chi connectivity index (χ1v) is 14.6. The summed E-state index contributed by atoms with van der Waals surface area (Å²) < 4.78 is 6.48. The zero-order valence-corrected chi connectivity index (χ0v) is 23.8. The second-order valence-electron chi connectivity index (χ2n) is 11.0. The fraction of sp³-hybridized carbons (Fsp3) is 0. The predicted molar refractivity (Wildman–Crippen MR) is 184 cm³/mol. The van der Waals surface area contributed by atoms with Gasteiger partial charge in [0.15, 0.2) is 5.84 Å². The van der Waals surface area contributed by atoms with E-state index in [-0.39, 0.29) is 5.84 Å². The Hall–Kier alpha value is -6.00. The van der Waals surface area contributed by atoms with Crippen LogP contribution in [-0.4, -0.2) is 11.7 Å². The van der Waals surface area contributed by atoms with Crippen molar-refractivity contribution < 1.29 is 4.42 Å². The van der Waals surface area contributed by atoms with E-state index < -0.39 is 0 Å². The molecule has 44 heavy (non-hydrogen) atoms.